The second kappa shape index (κ2) is 6.42. The van der Waals surface area contributed by atoms with Crippen LogP contribution in [-0.4, -0.2) is 39.0 Å². The second-order valence-corrected chi connectivity index (χ2v) is 5.90. The fraction of sp³-hybridized carbons (Fsp3) is 0.412. The van der Waals surface area contributed by atoms with Crippen molar-refractivity contribution in [3.8, 4) is 0 Å². The van der Waals surface area contributed by atoms with Gasteiger partial charge in [-0.25, -0.2) is 4.79 Å². The first-order valence-electron chi connectivity index (χ1n) is 7.87. The molecule has 1 aromatic carbocycles. The highest BCUT2D eigenvalue weighted by Gasteiger charge is 2.30. The Kier molecular flexibility index (Phi) is 4.34. The third kappa shape index (κ3) is 3.07. The van der Waals surface area contributed by atoms with Crippen LogP contribution in [0.3, 0.4) is 0 Å². The van der Waals surface area contributed by atoms with Crippen molar-refractivity contribution in [3.05, 3.63) is 47.2 Å². The first-order valence-corrected chi connectivity index (χ1v) is 7.87. The first-order chi connectivity index (χ1) is 11.1. The van der Waals surface area contributed by atoms with E-state index in [0.717, 1.165) is 18.5 Å². The van der Waals surface area contributed by atoms with Gasteiger partial charge in [-0.1, -0.05) is 24.3 Å². The molecule has 2 aromatic rings. The summed E-state index contributed by atoms with van der Waals surface area (Å²) in [7, 11) is 1.80. The standard InChI is InChI=1S/C17H22N4O2/c1-12-11-16(20(2)19-12)18-17(23)21(9-10-22)15-8-7-13-5-3-4-6-14(13)15/h3-6,11,15,22H,7-10H2,1-2H3,(H,18,23)/t15-/m1/s1. The van der Waals surface area contributed by atoms with Crippen LogP contribution < -0.4 is 5.32 Å². The summed E-state index contributed by atoms with van der Waals surface area (Å²) in [6, 6.07) is 9.83. The van der Waals surface area contributed by atoms with Gasteiger partial charge in [0.1, 0.15) is 5.82 Å². The summed E-state index contributed by atoms with van der Waals surface area (Å²) in [6.07, 6.45) is 1.85. The zero-order valence-electron chi connectivity index (χ0n) is 13.5. The van der Waals surface area contributed by atoms with Gasteiger partial charge in [0.25, 0.3) is 0 Å². The number of anilines is 1. The summed E-state index contributed by atoms with van der Waals surface area (Å²) in [5.74, 6) is 0.654. The lowest BCUT2D eigenvalue weighted by atomic mass is 10.1. The third-order valence-corrected chi connectivity index (χ3v) is 4.32. The van der Waals surface area contributed by atoms with Crippen LogP contribution in [0.4, 0.5) is 10.6 Å². The Morgan fingerprint density at radius 1 is 1.48 bits per heavy atom. The van der Waals surface area contributed by atoms with E-state index >= 15 is 0 Å². The average molecular weight is 314 g/mol. The number of fused-ring (bicyclic) bond motifs is 1. The normalized spacial score (nSPS) is 16.2. The molecule has 0 saturated carbocycles. The highest BCUT2D eigenvalue weighted by atomic mass is 16.3. The molecule has 1 atom stereocenters. The predicted octanol–water partition coefficient (Wildman–Crippen LogP) is 2.24. The summed E-state index contributed by atoms with van der Waals surface area (Å²) >= 11 is 0. The van der Waals surface area contributed by atoms with E-state index in [-0.39, 0.29) is 18.7 Å². The summed E-state index contributed by atoms with van der Waals surface area (Å²) in [5, 5.41) is 16.5. The first kappa shape index (κ1) is 15.6. The Balaban J connectivity index is 1.82. The maximum Gasteiger partial charge on any atom is 0.323 e. The van der Waals surface area contributed by atoms with Crippen molar-refractivity contribution in [1.82, 2.24) is 14.7 Å². The second-order valence-electron chi connectivity index (χ2n) is 5.90. The van der Waals surface area contributed by atoms with Crippen molar-refractivity contribution in [1.29, 1.82) is 0 Å². The molecule has 1 aliphatic carbocycles. The van der Waals surface area contributed by atoms with Gasteiger partial charge in [-0.3, -0.25) is 10.00 Å². The molecule has 1 aliphatic rings. The van der Waals surface area contributed by atoms with Crippen LogP contribution in [0.1, 0.15) is 29.3 Å². The molecule has 0 spiro atoms. The van der Waals surface area contributed by atoms with Gasteiger partial charge in [-0.05, 0) is 30.9 Å². The van der Waals surface area contributed by atoms with Crippen LogP contribution in [0, 0.1) is 6.92 Å². The van der Waals surface area contributed by atoms with Crippen LogP contribution >= 0.6 is 0 Å². The highest BCUT2D eigenvalue weighted by molar-refractivity contribution is 5.89. The van der Waals surface area contributed by atoms with Crippen molar-refractivity contribution in [2.75, 3.05) is 18.5 Å². The fourth-order valence-electron chi connectivity index (χ4n) is 3.27. The number of hydrogen-bond acceptors (Lipinski definition) is 3. The molecule has 6 heteroatoms. The van der Waals surface area contributed by atoms with Crippen LogP contribution in [-0.2, 0) is 13.5 Å². The van der Waals surface area contributed by atoms with Crippen molar-refractivity contribution in [2.24, 2.45) is 7.05 Å². The lowest BCUT2D eigenvalue weighted by Gasteiger charge is -2.29. The zero-order valence-corrected chi connectivity index (χ0v) is 13.5. The minimum absolute atomic E-state index is 0.00711. The molecule has 2 N–H and O–H groups in total. The van der Waals surface area contributed by atoms with Gasteiger partial charge in [-0.2, -0.15) is 5.10 Å². The molecule has 23 heavy (non-hydrogen) atoms. The van der Waals surface area contributed by atoms with E-state index in [0.29, 0.717) is 12.4 Å². The molecule has 122 valence electrons. The molecular weight excluding hydrogens is 292 g/mol. The lowest BCUT2D eigenvalue weighted by Crippen LogP contribution is -2.39. The number of nitrogens with one attached hydrogen (secondary N) is 1. The van der Waals surface area contributed by atoms with Gasteiger partial charge in [0, 0.05) is 19.7 Å². The van der Waals surface area contributed by atoms with E-state index in [2.05, 4.69) is 22.5 Å². The van der Waals surface area contributed by atoms with Crippen molar-refractivity contribution in [3.63, 3.8) is 0 Å². The highest BCUT2D eigenvalue weighted by Crippen LogP contribution is 2.35. The molecule has 1 heterocycles. The summed E-state index contributed by atoms with van der Waals surface area (Å²) in [4.78, 5) is 14.4. The molecule has 3 rings (SSSR count). The average Bonchev–Trinajstić information content (AvgIpc) is 3.08. The molecule has 6 nitrogen and oxygen atoms in total. The Morgan fingerprint density at radius 3 is 2.96 bits per heavy atom. The molecule has 0 bridgehead atoms. The Bertz CT molecular complexity index is 710. The zero-order chi connectivity index (χ0) is 16.4. The van der Waals surface area contributed by atoms with Crippen LogP contribution in [0.2, 0.25) is 0 Å². The molecule has 0 aliphatic heterocycles. The third-order valence-electron chi connectivity index (χ3n) is 4.32. The molecule has 0 unspecified atom stereocenters. The van der Waals surface area contributed by atoms with E-state index in [4.69, 9.17) is 0 Å². The number of urea groups is 1. The number of carbonyl (C=O) groups is 1. The van der Waals surface area contributed by atoms with Crippen molar-refractivity contribution >= 4 is 11.8 Å². The number of aliphatic hydroxyl groups is 1. The fourth-order valence-corrected chi connectivity index (χ4v) is 3.27. The number of hydrogen-bond donors (Lipinski definition) is 2. The Labute approximate surface area is 135 Å². The molecular formula is C17H22N4O2. The monoisotopic (exact) mass is 314 g/mol. The smallest absolute Gasteiger partial charge is 0.323 e. The summed E-state index contributed by atoms with van der Waals surface area (Å²) in [6.45, 7) is 2.13. The number of carbonyl (C=O) groups excluding carboxylic acids is 1. The van der Waals surface area contributed by atoms with Gasteiger partial charge in [-0.15, -0.1) is 0 Å². The minimum atomic E-state index is -0.205. The van der Waals surface area contributed by atoms with Gasteiger partial charge < -0.3 is 10.0 Å². The number of nitrogens with zero attached hydrogens (tertiary/aromatic N) is 3. The summed E-state index contributed by atoms with van der Waals surface area (Å²) < 4.78 is 1.65. The van der Waals surface area contributed by atoms with Crippen LogP contribution in [0.5, 0.6) is 0 Å². The number of aryl methyl sites for hydroxylation is 3. The molecule has 0 radical (unpaired) electrons. The lowest BCUT2D eigenvalue weighted by molar-refractivity contribution is 0.162. The molecule has 1 aromatic heterocycles. The topological polar surface area (TPSA) is 70.4 Å². The van der Waals surface area contributed by atoms with E-state index in [1.807, 2.05) is 25.1 Å². The summed E-state index contributed by atoms with van der Waals surface area (Å²) in [5.41, 5.74) is 3.31. The molecule has 0 fully saturated rings. The number of rotatable bonds is 4. The quantitative estimate of drug-likeness (QED) is 0.909. The van der Waals surface area contributed by atoms with E-state index in [1.165, 1.54) is 11.1 Å². The van der Waals surface area contributed by atoms with Gasteiger partial charge in [0.05, 0.1) is 18.3 Å². The number of aromatic nitrogens is 2. The van der Waals surface area contributed by atoms with E-state index in [9.17, 15) is 9.90 Å². The number of aliphatic hydroxyl groups excluding tert-OH is 1. The van der Waals surface area contributed by atoms with Crippen molar-refractivity contribution in [2.45, 2.75) is 25.8 Å². The van der Waals surface area contributed by atoms with Crippen LogP contribution in [0.25, 0.3) is 0 Å². The van der Waals surface area contributed by atoms with Gasteiger partial charge in [0.2, 0.25) is 0 Å². The van der Waals surface area contributed by atoms with Crippen molar-refractivity contribution < 1.29 is 9.90 Å². The van der Waals surface area contributed by atoms with Crippen LogP contribution in [0.15, 0.2) is 30.3 Å². The SMILES string of the molecule is Cc1cc(NC(=O)N(CCO)[C@@H]2CCc3ccccc32)n(C)n1. The predicted molar refractivity (Wildman–Crippen MR) is 88.3 cm³/mol. The van der Waals surface area contributed by atoms with Gasteiger partial charge in [0.15, 0.2) is 0 Å². The number of amides is 2. The van der Waals surface area contributed by atoms with E-state index < -0.39 is 0 Å². The molecule has 0 saturated heterocycles. The Morgan fingerprint density at radius 2 is 2.26 bits per heavy atom. The van der Waals surface area contributed by atoms with Gasteiger partial charge >= 0.3 is 6.03 Å². The number of benzene rings is 1. The maximum absolute atomic E-state index is 12.7. The minimum Gasteiger partial charge on any atom is -0.395 e. The maximum atomic E-state index is 12.7. The Hall–Kier alpha value is -2.34. The van der Waals surface area contributed by atoms with E-state index in [1.54, 1.807) is 16.6 Å². The molecule has 2 amide bonds. The largest absolute Gasteiger partial charge is 0.395 e.